The van der Waals surface area contributed by atoms with E-state index in [9.17, 15) is 18.0 Å². The van der Waals surface area contributed by atoms with E-state index in [4.69, 9.17) is 5.14 Å². The smallest absolute Gasteiger partial charge is 0.304 e. The minimum atomic E-state index is -3.77. The van der Waals surface area contributed by atoms with Gasteiger partial charge in [0.25, 0.3) is 5.91 Å². The molecule has 0 heterocycles. The van der Waals surface area contributed by atoms with Gasteiger partial charge >= 0.3 is 6.03 Å². The summed E-state index contributed by atoms with van der Waals surface area (Å²) in [7, 11) is -3.77. The van der Waals surface area contributed by atoms with Crippen LogP contribution in [0.15, 0.2) is 59.5 Å². The Bertz CT molecular complexity index is 857. The maximum Gasteiger partial charge on any atom is 0.350 e. The van der Waals surface area contributed by atoms with Crippen LogP contribution in [0.2, 0.25) is 0 Å². The Morgan fingerprint density at radius 3 is 2.16 bits per heavy atom. The lowest BCUT2D eigenvalue weighted by Gasteiger charge is -2.16. The molecule has 2 aromatic carbocycles. The molecule has 0 atom stereocenters. The quantitative estimate of drug-likeness (QED) is 0.385. The normalized spacial score (nSPS) is 10.8. The minimum Gasteiger partial charge on any atom is -0.304 e. The third-order valence-electron chi connectivity index (χ3n) is 2.96. The molecule has 0 radical (unpaired) electrons. The summed E-state index contributed by atoms with van der Waals surface area (Å²) in [4.78, 5) is 23.8. The van der Waals surface area contributed by atoms with Crippen molar-refractivity contribution >= 4 is 40.5 Å². The number of nitrogens with zero attached hydrogens (tertiary/aromatic N) is 1. The number of hydrogen-bond donors (Lipinski definition) is 5. The van der Waals surface area contributed by atoms with E-state index in [1.54, 1.807) is 30.3 Å². The fourth-order valence-corrected chi connectivity index (χ4v) is 2.41. The third-order valence-corrected chi connectivity index (χ3v) is 4.26. The van der Waals surface area contributed by atoms with Crippen LogP contribution in [0.3, 0.4) is 0 Å². The fourth-order valence-electron chi connectivity index (χ4n) is 1.73. The van der Waals surface area contributed by atoms with E-state index in [0.29, 0.717) is 15.6 Å². The number of carbonyl (C=O) groups is 2. The van der Waals surface area contributed by atoms with E-state index in [2.05, 4.69) is 29.2 Å². The number of nitrogens with two attached hydrogens (primary N) is 1. The van der Waals surface area contributed by atoms with Gasteiger partial charge in [-0.1, -0.05) is 31.0 Å². The minimum absolute atomic E-state index is 0.0444. The lowest BCUT2D eigenvalue weighted by molar-refractivity contribution is 0.0894. The van der Waals surface area contributed by atoms with E-state index in [1.165, 1.54) is 24.3 Å². The molecule has 9 nitrogen and oxygen atoms in total. The van der Waals surface area contributed by atoms with Gasteiger partial charge in [0.2, 0.25) is 10.0 Å². The molecule has 25 heavy (non-hydrogen) atoms. The monoisotopic (exact) mass is 381 g/mol. The van der Waals surface area contributed by atoms with Crippen molar-refractivity contribution in [1.82, 2.24) is 15.3 Å². The van der Waals surface area contributed by atoms with Crippen molar-refractivity contribution in [2.45, 2.75) is 4.90 Å². The van der Waals surface area contributed by atoms with Gasteiger partial charge in [-0.3, -0.25) is 10.2 Å². The standard InChI is InChI=1S/C14H15N5O4S2/c15-25(22,23)12-8-6-11(7-9-12)16-18-17-14(21)19(24)13(20)10-4-2-1-3-5-10/h1-9,16,18,24H,(H,17,21)(H2,15,22,23). The van der Waals surface area contributed by atoms with Gasteiger partial charge in [0.05, 0.1) is 10.6 Å². The Balaban J connectivity index is 1.87. The van der Waals surface area contributed by atoms with Crippen molar-refractivity contribution in [3.63, 3.8) is 0 Å². The molecule has 5 N–H and O–H groups in total. The first-order valence-corrected chi connectivity index (χ1v) is 8.76. The number of imide groups is 1. The van der Waals surface area contributed by atoms with Crippen molar-refractivity contribution < 1.29 is 18.0 Å². The zero-order chi connectivity index (χ0) is 18.4. The topological polar surface area (TPSA) is 134 Å². The summed E-state index contributed by atoms with van der Waals surface area (Å²) in [5, 5.41) is 4.99. The number of anilines is 1. The number of primary sulfonamides is 1. The van der Waals surface area contributed by atoms with E-state index in [-0.39, 0.29) is 4.90 Å². The van der Waals surface area contributed by atoms with Crippen LogP contribution in [0.1, 0.15) is 10.4 Å². The Kier molecular flexibility index (Phi) is 5.98. The molecule has 132 valence electrons. The van der Waals surface area contributed by atoms with Gasteiger partial charge in [0.1, 0.15) is 0 Å². The molecule has 2 aromatic rings. The Labute approximate surface area is 149 Å². The van der Waals surface area contributed by atoms with Gasteiger partial charge < -0.3 is 5.43 Å². The molecular weight excluding hydrogens is 366 g/mol. The summed E-state index contributed by atoms with van der Waals surface area (Å²) in [6, 6.07) is 12.8. The molecule has 0 spiro atoms. The highest BCUT2D eigenvalue weighted by molar-refractivity contribution is 7.89. The predicted octanol–water partition coefficient (Wildman–Crippen LogP) is 0.862. The number of urea groups is 1. The molecule has 0 aliphatic carbocycles. The van der Waals surface area contributed by atoms with Crippen molar-refractivity contribution in [3.05, 3.63) is 60.2 Å². The first-order chi connectivity index (χ1) is 11.8. The number of amides is 3. The van der Waals surface area contributed by atoms with Crippen LogP contribution in [-0.4, -0.2) is 24.7 Å². The van der Waals surface area contributed by atoms with Crippen LogP contribution >= 0.6 is 12.8 Å². The van der Waals surface area contributed by atoms with Crippen LogP contribution < -0.4 is 21.5 Å². The molecule has 0 aliphatic heterocycles. The van der Waals surface area contributed by atoms with Crippen LogP contribution in [0.5, 0.6) is 0 Å². The SMILES string of the molecule is NS(=O)(=O)c1ccc(NNNC(=O)N(S)C(=O)c2ccccc2)cc1. The second-order valence-electron chi connectivity index (χ2n) is 4.73. The second-order valence-corrected chi connectivity index (χ2v) is 6.69. The maximum atomic E-state index is 12.0. The van der Waals surface area contributed by atoms with Crippen molar-refractivity contribution in [3.8, 4) is 0 Å². The average Bonchev–Trinajstić information content (AvgIpc) is 2.60. The number of benzene rings is 2. The van der Waals surface area contributed by atoms with Crippen molar-refractivity contribution in [2.24, 2.45) is 5.14 Å². The summed E-state index contributed by atoms with van der Waals surface area (Å²) in [5.74, 6) is -0.597. The number of sulfonamides is 1. The number of carbonyl (C=O) groups excluding carboxylic acids is 2. The maximum absolute atomic E-state index is 12.0. The third kappa shape index (κ3) is 5.19. The molecule has 11 heteroatoms. The average molecular weight is 381 g/mol. The summed E-state index contributed by atoms with van der Waals surface area (Å²) in [6.07, 6.45) is 0. The van der Waals surface area contributed by atoms with Crippen LogP contribution in [0, 0.1) is 0 Å². The predicted molar refractivity (Wildman–Crippen MR) is 94.7 cm³/mol. The molecule has 0 bridgehead atoms. The van der Waals surface area contributed by atoms with Gasteiger partial charge in [-0.2, -0.15) is 0 Å². The molecule has 3 amide bonds. The van der Waals surface area contributed by atoms with Crippen molar-refractivity contribution in [1.29, 1.82) is 0 Å². The summed E-state index contributed by atoms with van der Waals surface area (Å²) in [6.45, 7) is 0. The van der Waals surface area contributed by atoms with Crippen LogP contribution in [0.25, 0.3) is 0 Å². The summed E-state index contributed by atoms with van der Waals surface area (Å²) >= 11 is 3.86. The molecule has 0 unspecified atom stereocenters. The number of nitrogens with one attached hydrogen (secondary N) is 3. The van der Waals surface area contributed by atoms with Gasteiger partial charge in [0, 0.05) is 5.56 Å². The Morgan fingerprint density at radius 2 is 1.60 bits per heavy atom. The Hall–Kier alpha value is -2.60. The van der Waals surface area contributed by atoms with Gasteiger partial charge in [-0.05, 0) is 36.4 Å². The first kappa shape index (κ1) is 18.7. The molecule has 2 rings (SSSR count). The molecule has 0 saturated carbocycles. The van der Waals surface area contributed by atoms with Gasteiger partial charge in [-0.15, -0.1) is 5.53 Å². The zero-order valence-electron chi connectivity index (χ0n) is 12.7. The van der Waals surface area contributed by atoms with E-state index in [1.807, 2.05) is 0 Å². The van der Waals surface area contributed by atoms with Crippen LogP contribution in [-0.2, 0) is 10.0 Å². The number of rotatable bonds is 5. The molecule has 0 fully saturated rings. The molecule has 0 saturated heterocycles. The van der Waals surface area contributed by atoms with Gasteiger partial charge in [-0.25, -0.2) is 22.7 Å². The summed E-state index contributed by atoms with van der Waals surface area (Å²) < 4.78 is 22.9. The van der Waals surface area contributed by atoms with E-state index >= 15 is 0 Å². The largest absolute Gasteiger partial charge is 0.350 e. The molecule has 0 aromatic heterocycles. The Morgan fingerprint density at radius 1 is 1.00 bits per heavy atom. The fraction of sp³-hybridized carbons (Fsp3) is 0. The highest BCUT2D eigenvalue weighted by atomic mass is 32.2. The lowest BCUT2D eigenvalue weighted by Crippen LogP contribution is -2.47. The highest BCUT2D eigenvalue weighted by Crippen LogP contribution is 2.11. The number of hydrazine groups is 2. The van der Waals surface area contributed by atoms with E-state index in [0.717, 1.165) is 0 Å². The highest BCUT2D eigenvalue weighted by Gasteiger charge is 2.19. The molecular formula is C14H15N5O4S2. The zero-order valence-corrected chi connectivity index (χ0v) is 14.4. The summed E-state index contributed by atoms with van der Waals surface area (Å²) in [5.41, 5.74) is 7.94. The van der Waals surface area contributed by atoms with E-state index < -0.39 is 22.0 Å². The van der Waals surface area contributed by atoms with Crippen LogP contribution in [0.4, 0.5) is 10.5 Å². The first-order valence-electron chi connectivity index (χ1n) is 6.81. The lowest BCUT2D eigenvalue weighted by atomic mass is 10.2. The van der Waals surface area contributed by atoms with Gasteiger partial charge in [0.15, 0.2) is 0 Å². The number of thiol groups is 1. The van der Waals surface area contributed by atoms with Crippen molar-refractivity contribution in [2.75, 3.05) is 5.43 Å². The second kappa shape index (κ2) is 7.98. The molecule has 0 aliphatic rings. The number of hydrogen-bond acceptors (Lipinski definition) is 7.